The van der Waals surface area contributed by atoms with E-state index in [2.05, 4.69) is 15.5 Å². The summed E-state index contributed by atoms with van der Waals surface area (Å²) in [5, 5.41) is 7.88. The van der Waals surface area contributed by atoms with Gasteiger partial charge in [-0.05, 0) is 29.8 Å². The first kappa shape index (κ1) is 21.8. The molecular formula is C25H16F3N3O2S. The van der Waals surface area contributed by atoms with Crippen LogP contribution in [0, 0.1) is 0 Å². The highest BCUT2D eigenvalue weighted by Crippen LogP contribution is 2.31. The number of fused-ring (bicyclic) bond motifs is 1. The van der Waals surface area contributed by atoms with Crippen LogP contribution in [0.4, 0.5) is 18.3 Å². The minimum atomic E-state index is -4.39. The molecule has 0 saturated carbocycles. The van der Waals surface area contributed by atoms with Gasteiger partial charge in [-0.15, -0.1) is 11.3 Å². The van der Waals surface area contributed by atoms with E-state index in [1.807, 2.05) is 30.3 Å². The molecule has 0 aliphatic rings. The molecule has 2 heterocycles. The van der Waals surface area contributed by atoms with Gasteiger partial charge in [-0.3, -0.25) is 10.1 Å². The summed E-state index contributed by atoms with van der Waals surface area (Å²) in [6.07, 6.45) is -2.56. The molecule has 34 heavy (non-hydrogen) atoms. The molecule has 1 amide bonds. The van der Waals surface area contributed by atoms with Crippen molar-refractivity contribution in [2.45, 2.75) is 12.6 Å². The van der Waals surface area contributed by atoms with Gasteiger partial charge in [0.15, 0.2) is 10.9 Å². The number of halogens is 3. The van der Waals surface area contributed by atoms with E-state index in [1.165, 1.54) is 17.4 Å². The van der Waals surface area contributed by atoms with Gasteiger partial charge in [-0.2, -0.15) is 13.2 Å². The number of nitrogens with zero attached hydrogens (tertiary/aromatic N) is 2. The molecule has 170 valence electrons. The lowest BCUT2D eigenvalue weighted by atomic mass is 10.1. The van der Waals surface area contributed by atoms with Crippen LogP contribution in [0.5, 0.6) is 0 Å². The molecule has 0 radical (unpaired) electrons. The zero-order valence-corrected chi connectivity index (χ0v) is 18.3. The summed E-state index contributed by atoms with van der Waals surface area (Å²) < 4.78 is 44.3. The smallest absolute Gasteiger partial charge is 0.355 e. The molecule has 5 aromatic rings. The van der Waals surface area contributed by atoms with Gasteiger partial charge in [-0.25, -0.2) is 4.98 Å². The summed E-state index contributed by atoms with van der Waals surface area (Å²) in [7, 11) is 0. The Kier molecular flexibility index (Phi) is 5.62. The first-order valence-electron chi connectivity index (χ1n) is 10.2. The summed E-state index contributed by atoms with van der Waals surface area (Å²) in [5.41, 5.74) is 1.71. The molecular weight excluding hydrogens is 463 g/mol. The third-order valence-corrected chi connectivity index (χ3v) is 6.09. The number of carbonyl (C=O) groups excluding carboxylic acids is 1. The molecule has 5 nitrogen and oxygen atoms in total. The van der Waals surface area contributed by atoms with Gasteiger partial charge >= 0.3 is 6.18 Å². The van der Waals surface area contributed by atoms with Crippen molar-refractivity contribution in [3.8, 4) is 11.3 Å². The molecule has 9 heteroatoms. The van der Waals surface area contributed by atoms with Gasteiger partial charge in [0.1, 0.15) is 5.52 Å². The number of anilines is 1. The lowest BCUT2D eigenvalue weighted by Crippen LogP contribution is -2.11. The number of amides is 1. The number of alkyl halides is 3. The number of carbonyl (C=O) groups is 1. The van der Waals surface area contributed by atoms with Crippen LogP contribution in [-0.2, 0) is 12.6 Å². The zero-order valence-electron chi connectivity index (χ0n) is 17.5. The normalized spacial score (nSPS) is 11.6. The third-order valence-electron chi connectivity index (χ3n) is 5.18. The Morgan fingerprint density at radius 2 is 1.82 bits per heavy atom. The summed E-state index contributed by atoms with van der Waals surface area (Å²) in [4.78, 5) is 17.8. The van der Waals surface area contributed by atoms with Gasteiger partial charge in [0.25, 0.3) is 5.91 Å². The molecule has 1 N–H and O–H groups in total. The minimum absolute atomic E-state index is 0.282. The minimum Gasteiger partial charge on any atom is -0.355 e. The zero-order chi connectivity index (χ0) is 23.7. The predicted molar refractivity (Wildman–Crippen MR) is 124 cm³/mol. The first-order chi connectivity index (χ1) is 16.4. The number of nitrogens with one attached hydrogen (secondary N) is 1. The van der Waals surface area contributed by atoms with Crippen LogP contribution in [0.1, 0.15) is 26.4 Å². The first-order valence-corrected chi connectivity index (χ1v) is 11.1. The van der Waals surface area contributed by atoms with Gasteiger partial charge in [0.05, 0.1) is 10.9 Å². The van der Waals surface area contributed by atoms with E-state index in [0.29, 0.717) is 32.9 Å². The Labute approximate surface area is 195 Å². The lowest BCUT2D eigenvalue weighted by Gasteiger charge is -2.07. The quantitative estimate of drug-likeness (QED) is 0.301. The summed E-state index contributed by atoms with van der Waals surface area (Å²) >= 11 is 1.21. The molecule has 0 spiro atoms. The monoisotopic (exact) mass is 479 g/mol. The topological polar surface area (TPSA) is 68.0 Å². The Morgan fingerprint density at radius 1 is 1.00 bits per heavy atom. The number of benzene rings is 3. The van der Waals surface area contributed by atoms with Gasteiger partial charge in [-0.1, -0.05) is 53.7 Å². The average molecular weight is 479 g/mol. The van der Waals surface area contributed by atoms with Crippen molar-refractivity contribution >= 4 is 33.3 Å². The van der Waals surface area contributed by atoms with E-state index in [9.17, 15) is 18.0 Å². The summed E-state index contributed by atoms with van der Waals surface area (Å²) in [5.74, 6) is 0.213. The van der Waals surface area contributed by atoms with E-state index in [0.717, 1.165) is 22.6 Å². The van der Waals surface area contributed by atoms with Crippen molar-refractivity contribution in [1.29, 1.82) is 0 Å². The van der Waals surface area contributed by atoms with Crippen LogP contribution >= 0.6 is 11.3 Å². The second-order valence-electron chi connectivity index (χ2n) is 7.57. The van der Waals surface area contributed by atoms with Crippen molar-refractivity contribution in [3.05, 3.63) is 101 Å². The molecule has 5 rings (SSSR count). The number of aromatic nitrogens is 2. The van der Waals surface area contributed by atoms with Crippen LogP contribution in [0.3, 0.4) is 0 Å². The molecule has 0 saturated heterocycles. The highest BCUT2D eigenvalue weighted by Gasteiger charge is 2.30. The largest absolute Gasteiger partial charge is 0.416 e. The van der Waals surface area contributed by atoms with Crippen molar-refractivity contribution in [1.82, 2.24) is 10.1 Å². The highest BCUT2D eigenvalue weighted by atomic mass is 32.1. The number of hydrogen-bond donors (Lipinski definition) is 1. The van der Waals surface area contributed by atoms with Crippen LogP contribution in [0.25, 0.3) is 22.2 Å². The highest BCUT2D eigenvalue weighted by molar-refractivity contribution is 7.15. The Hall–Kier alpha value is -3.98. The van der Waals surface area contributed by atoms with Crippen LogP contribution in [-0.4, -0.2) is 16.0 Å². The fourth-order valence-electron chi connectivity index (χ4n) is 3.56. The Bertz CT molecular complexity index is 1480. The van der Waals surface area contributed by atoms with Crippen LogP contribution in [0.2, 0.25) is 0 Å². The molecule has 2 aromatic heterocycles. The number of thiazole rings is 1. The van der Waals surface area contributed by atoms with Crippen LogP contribution < -0.4 is 5.32 Å². The fourth-order valence-corrected chi connectivity index (χ4v) is 4.40. The number of hydrogen-bond acceptors (Lipinski definition) is 5. The SMILES string of the molecule is O=C(Nc1ncc(Cc2cccc(C(F)(F)F)c2)s1)c1ccc2noc(-c3ccccc3)c2c1. The average Bonchev–Trinajstić information content (AvgIpc) is 3.45. The summed E-state index contributed by atoms with van der Waals surface area (Å²) in [6.45, 7) is 0. The van der Waals surface area contributed by atoms with Gasteiger partial charge in [0.2, 0.25) is 0 Å². The Balaban J connectivity index is 1.33. The molecule has 0 aliphatic heterocycles. The van der Waals surface area contributed by atoms with Crippen LogP contribution in [0.15, 0.2) is 83.5 Å². The molecule has 0 bridgehead atoms. The van der Waals surface area contributed by atoms with Crippen molar-refractivity contribution in [3.63, 3.8) is 0 Å². The second-order valence-corrected chi connectivity index (χ2v) is 8.69. The molecule has 0 fully saturated rings. The molecule has 3 aromatic carbocycles. The van der Waals surface area contributed by atoms with Gasteiger partial charge < -0.3 is 4.52 Å². The standard InChI is InChI=1S/C25H16F3N3O2S/c26-25(27,28)18-8-4-5-15(11-18)12-19-14-29-24(34-19)30-23(32)17-9-10-21-20(13-17)22(33-31-21)16-6-2-1-3-7-16/h1-11,13-14H,12H2,(H,29,30,32). The second kappa shape index (κ2) is 8.75. The molecule has 0 atom stereocenters. The lowest BCUT2D eigenvalue weighted by molar-refractivity contribution is -0.137. The maximum absolute atomic E-state index is 12.9. The van der Waals surface area contributed by atoms with Gasteiger partial charge in [0, 0.05) is 28.6 Å². The van der Waals surface area contributed by atoms with Crippen molar-refractivity contribution < 1.29 is 22.5 Å². The maximum atomic E-state index is 12.9. The van der Waals surface area contributed by atoms with E-state index < -0.39 is 11.7 Å². The van der Waals surface area contributed by atoms with Crippen molar-refractivity contribution in [2.24, 2.45) is 0 Å². The van der Waals surface area contributed by atoms with E-state index in [4.69, 9.17) is 4.52 Å². The number of rotatable bonds is 5. The molecule has 0 unspecified atom stereocenters. The van der Waals surface area contributed by atoms with Crippen molar-refractivity contribution in [2.75, 3.05) is 5.32 Å². The van der Waals surface area contributed by atoms with E-state index in [1.54, 1.807) is 30.5 Å². The third kappa shape index (κ3) is 4.55. The Morgan fingerprint density at radius 3 is 2.62 bits per heavy atom. The predicted octanol–water partition coefficient (Wildman–Crippen LogP) is 6.81. The fraction of sp³-hybridized carbons (Fsp3) is 0.0800. The molecule has 0 aliphatic carbocycles. The van der Waals surface area contributed by atoms with E-state index in [-0.39, 0.29) is 12.3 Å². The summed E-state index contributed by atoms with van der Waals surface area (Å²) in [6, 6.07) is 19.7. The van der Waals surface area contributed by atoms with E-state index >= 15 is 0 Å². The maximum Gasteiger partial charge on any atom is 0.416 e.